The zero-order valence-corrected chi connectivity index (χ0v) is 16.5. The summed E-state index contributed by atoms with van der Waals surface area (Å²) >= 11 is 0. The summed E-state index contributed by atoms with van der Waals surface area (Å²) in [5.74, 6) is 6.97. The predicted octanol–water partition coefficient (Wildman–Crippen LogP) is 3.27. The molecule has 1 aromatic carbocycles. The highest BCUT2D eigenvalue weighted by molar-refractivity contribution is 5.79. The van der Waals surface area contributed by atoms with Crippen molar-refractivity contribution in [3.05, 3.63) is 70.0 Å². The number of fused-ring (bicyclic) bond motifs is 1. The van der Waals surface area contributed by atoms with Crippen molar-refractivity contribution in [1.82, 2.24) is 19.4 Å². The number of pyridine rings is 1. The van der Waals surface area contributed by atoms with Crippen LogP contribution in [0, 0.1) is 11.8 Å². The molecule has 1 unspecified atom stereocenters. The van der Waals surface area contributed by atoms with Gasteiger partial charge < -0.3 is 0 Å². The first-order valence-electron chi connectivity index (χ1n) is 9.70. The van der Waals surface area contributed by atoms with Crippen molar-refractivity contribution in [2.24, 2.45) is 7.05 Å². The van der Waals surface area contributed by atoms with Gasteiger partial charge in [0, 0.05) is 24.8 Å². The molecule has 28 heavy (non-hydrogen) atoms. The molecule has 142 valence electrons. The average molecular weight is 372 g/mol. The molecule has 1 aliphatic rings. The second kappa shape index (κ2) is 7.57. The van der Waals surface area contributed by atoms with Gasteiger partial charge in [-0.25, -0.2) is 9.97 Å². The van der Waals surface area contributed by atoms with E-state index in [1.807, 2.05) is 43.4 Å². The second-order valence-corrected chi connectivity index (χ2v) is 7.46. The molecular weight excluding hydrogens is 348 g/mol. The van der Waals surface area contributed by atoms with Crippen LogP contribution in [0.5, 0.6) is 0 Å². The van der Waals surface area contributed by atoms with Crippen LogP contribution in [0.3, 0.4) is 0 Å². The van der Waals surface area contributed by atoms with Gasteiger partial charge in [-0.15, -0.1) is 0 Å². The third-order valence-electron chi connectivity index (χ3n) is 5.75. The molecule has 3 aromatic rings. The maximum atomic E-state index is 12.9. The van der Waals surface area contributed by atoms with Crippen molar-refractivity contribution in [2.45, 2.75) is 38.3 Å². The van der Waals surface area contributed by atoms with Gasteiger partial charge in [0.1, 0.15) is 11.5 Å². The number of nitrogens with zero attached hydrogens (tertiary/aromatic N) is 4. The van der Waals surface area contributed by atoms with E-state index in [4.69, 9.17) is 4.98 Å². The van der Waals surface area contributed by atoms with E-state index in [1.165, 1.54) is 19.3 Å². The van der Waals surface area contributed by atoms with E-state index in [0.29, 0.717) is 16.9 Å². The number of benzene rings is 1. The molecule has 5 nitrogen and oxygen atoms in total. The van der Waals surface area contributed by atoms with Crippen LogP contribution < -0.4 is 5.56 Å². The predicted molar refractivity (Wildman–Crippen MR) is 111 cm³/mol. The molecule has 0 bridgehead atoms. The van der Waals surface area contributed by atoms with Gasteiger partial charge in [-0.1, -0.05) is 18.4 Å². The fourth-order valence-corrected chi connectivity index (χ4v) is 3.60. The Hall–Kier alpha value is -2.97. The minimum absolute atomic E-state index is 0.0157. The minimum atomic E-state index is -0.0157. The monoisotopic (exact) mass is 372 g/mol. The second-order valence-electron chi connectivity index (χ2n) is 7.46. The van der Waals surface area contributed by atoms with E-state index in [0.717, 1.165) is 17.1 Å². The van der Waals surface area contributed by atoms with E-state index in [2.05, 4.69) is 35.7 Å². The largest absolute Gasteiger partial charge is 0.298 e. The maximum Gasteiger partial charge on any atom is 0.261 e. The summed E-state index contributed by atoms with van der Waals surface area (Å²) in [6, 6.07) is 11.9. The third kappa shape index (κ3) is 3.44. The Balaban J connectivity index is 1.73. The van der Waals surface area contributed by atoms with Gasteiger partial charge in [0.25, 0.3) is 5.56 Å². The molecule has 1 atom stereocenters. The fourth-order valence-electron chi connectivity index (χ4n) is 3.60. The molecule has 0 radical (unpaired) electrons. The minimum Gasteiger partial charge on any atom is -0.298 e. The lowest BCUT2D eigenvalue weighted by Crippen LogP contribution is -2.40. The number of rotatable bonds is 3. The van der Waals surface area contributed by atoms with E-state index >= 15 is 0 Å². The molecular formula is C23H24N4O. The van der Waals surface area contributed by atoms with Crippen LogP contribution >= 0.6 is 0 Å². The van der Waals surface area contributed by atoms with Gasteiger partial charge >= 0.3 is 0 Å². The lowest BCUT2D eigenvalue weighted by molar-refractivity contribution is 0.112. The number of hydrogen-bond donors (Lipinski definition) is 0. The maximum absolute atomic E-state index is 12.9. The molecule has 1 aliphatic carbocycles. The molecule has 0 amide bonds. The highest BCUT2D eigenvalue weighted by Crippen LogP contribution is 2.30. The van der Waals surface area contributed by atoms with Crippen LogP contribution in [0.15, 0.2) is 47.4 Å². The molecule has 1 saturated carbocycles. The number of aromatic nitrogens is 3. The zero-order chi connectivity index (χ0) is 19.7. The molecule has 0 N–H and O–H groups in total. The van der Waals surface area contributed by atoms with Crippen molar-refractivity contribution in [3.63, 3.8) is 0 Å². The first-order chi connectivity index (χ1) is 13.5. The Kier molecular flexibility index (Phi) is 4.97. The van der Waals surface area contributed by atoms with Gasteiger partial charge in [-0.2, -0.15) is 0 Å². The summed E-state index contributed by atoms with van der Waals surface area (Å²) in [5.41, 5.74) is 2.22. The summed E-state index contributed by atoms with van der Waals surface area (Å²) in [6.45, 7) is 2.12. The Morgan fingerprint density at radius 2 is 2.04 bits per heavy atom. The Bertz CT molecular complexity index is 1120. The molecule has 4 rings (SSSR count). The van der Waals surface area contributed by atoms with Crippen LogP contribution in [0.4, 0.5) is 0 Å². The van der Waals surface area contributed by atoms with E-state index in [1.54, 1.807) is 10.8 Å². The number of hydrogen-bond acceptors (Lipinski definition) is 4. The summed E-state index contributed by atoms with van der Waals surface area (Å²) in [5, 5.41) is 0.619. The normalized spacial score (nSPS) is 15.1. The molecule has 2 aromatic heterocycles. The van der Waals surface area contributed by atoms with Crippen molar-refractivity contribution in [3.8, 4) is 11.8 Å². The lowest BCUT2D eigenvalue weighted by atomic mass is 9.91. The first kappa shape index (κ1) is 18.4. The Morgan fingerprint density at radius 3 is 2.71 bits per heavy atom. The molecule has 5 heteroatoms. The smallest absolute Gasteiger partial charge is 0.261 e. The molecule has 2 heterocycles. The van der Waals surface area contributed by atoms with Crippen LogP contribution in [0.1, 0.15) is 49.3 Å². The van der Waals surface area contributed by atoms with Gasteiger partial charge in [-0.3, -0.25) is 14.3 Å². The Morgan fingerprint density at radius 1 is 1.21 bits per heavy atom. The lowest BCUT2D eigenvalue weighted by Gasteiger charge is -2.38. The third-order valence-corrected chi connectivity index (χ3v) is 5.75. The van der Waals surface area contributed by atoms with Crippen molar-refractivity contribution < 1.29 is 0 Å². The van der Waals surface area contributed by atoms with Gasteiger partial charge in [0.15, 0.2) is 0 Å². The van der Waals surface area contributed by atoms with E-state index < -0.39 is 0 Å². The van der Waals surface area contributed by atoms with Crippen LogP contribution in [0.25, 0.3) is 10.9 Å². The summed E-state index contributed by atoms with van der Waals surface area (Å²) in [6.07, 6.45) is 5.44. The summed E-state index contributed by atoms with van der Waals surface area (Å²) in [4.78, 5) is 24.3. The highest BCUT2D eigenvalue weighted by atomic mass is 16.1. The molecule has 0 aliphatic heterocycles. The first-order valence-corrected chi connectivity index (χ1v) is 9.70. The zero-order valence-electron chi connectivity index (χ0n) is 16.5. The summed E-state index contributed by atoms with van der Waals surface area (Å²) in [7, 11) is 3.93. The van der Waals surface area contributed by atoms with Gasteiger partial charge in [0.2, 0.25) is 0 Å². The SMILES string of the molecule is CC(c1nc2cc(C#Cc3ccccn3)ccc2c(=O)n1C)N(C)C1CCC1. The van der Waals surface area contributed by atoms with Gasteiger partial charge in [0.05, 0.1) is 16.9 Å². The van der Waals surface area contributed by atoms with Crippen molar-refractivity contribution in [2.75, 3.05) is 7.05 Å². The topological polar surface area (TPSA) is 51.0 Å². The highest BCUT2D eigenvalue weighted by Gasteiger charge is 2.28. The van der Waals surface area contributed by atoms with Crippen LogP contribution in [0.2, 0.25) is 0 Å². The van der Waals surface area contributed by atoms with E-state index in [-0.39, 0.29) is 11.6 Å². The fraction of sp³-hybridized carbons (Fsp3) is 0.348. The van der Waals surface area contributed by atoms with Crippen LogP contribution in [-0.4, -0.2) is 32.5 Å². The van der Waals surface area contributed by atoms with Crippen molar-refractivity contribution >= 4 is 10.9 Å². The quantitative estimate of drug-likeness (QED) is 0.662. The molecule has 0 saturated heterocycles. The Labute approximate surface area is 165 Å². The van der Waals surface area contributed by atoms with Crippen LogP contribution in [-0.2, 0) is 7.05 Å². The average Bonchev–Trinajstić information content (AvgIpc) is 2.68. The standard InChI is InChI=1S/C23H24N4O/c1-16(26(2)19-8-6-9-19)22-25-21-15-17(10-12-18-7-4-5-14-24-18)11-13-20(21)23(28)27(22)3/h4-5,7,11,13-16,19H,6,8-9H2,1-3H3. The molecule has 0 spiro atoms. The van der Waals surface area contributed by atoms with Gasteiger partial charge in [-0.05, 0) is 63.1 Å². The molecule has 1 fully saturated rings. The summed E-state index contributed by atoms with van der Waals surface area (Å²) < 4.78 is 1.68. The van der Waals surface area contributed by atoms with Crippen molar-refractivity contribution in [1.29, 1.82) is 0 Å². The van der Waals surface area contributed by atoms with E-state index in [9.17, 15) is 4.79 Å².